The SMILES string of the molecule is CC1SCCN(C(=O)COC2CCNCC2)C1C. The van der Waals surface area contributed by atoms with Crippen LogP contribution < -0.4 is 5.32 Å². The Bertz CT molecular complexity index is 282. The van der Waals surface area contributed by atoms with E-state index >= 15 is 0 Å². The van der Waals surface area contributed by atoms with Gasteiger partial charge in [0, 0.05) is 23.6 Å². The molecule has 1 N–H and O–H groups in total. The largest absolute Gasteiger partial charge is 0.368 e. The minimum atomic E-state index is 0.160. The highest BCUT2D eigenvalue weighted by Gasteiger charge is 2.29. The van der Waals surface area contributed by atoms with Crippen molar-refractivity contribution in [3.63, 3.8) is 0 Å². The number of carbonyl (C=O) groups excluding carboxylic acids is 1. The van der Waals surface area contributed by atoms with Crippen molar-refractivity contribution < 1.29 is 9.53 Å². The summed E-state index contributed by atoms with van der Waals surface area (Å²) in [5.41, 5.74) is 0. The number of hydrogen-bond acceptors (Lipinski definition) is 4. The quantitative estimate of drug-likeness (QED) is 0.835. The molecule has 0 aliphatic carbocycles. The Morgan fingerprint density at radius 3 is 2.83 bits per heavy atom. The van der Waals surface area contributed by atoms with E-state index in [2.05, 4.69) is 19.2 Å². The average Bonchev–Trinajstić information content (AvgIpc) is 2.40. The molecule has 0 aromatic rings. The summed E-state index contributed by atoms with van der Waals surface area (Å²) in [6.45, 7) is 7.47. The second-order valence-electron chi connectivity index (χ2n) is 5.16. The Labute approximate surface area is 114 Å². The number of rotatable bonds is 3. The van der Waals surface area contributed by atoms with Crippen LogP contribution in [0.15, 0.2) is 0 Å². The zero-order chi connectivity index (χ0) is 13.0. The zero-order valence-electron chi connectivity index (χ0n) is 11.4. The standard InChI is InChI=1S/C13H24N2O2S/c1-10-11(2)18-8-7-15(10)13(16)9-17-12-3-5-14-6-4-12/h10-12,14H,3-9H2,1-2H3. The second-order valence-corrected chi connectivity index (χ2v) is 6.65. The summed E-state index contributed by atoms with van der Waals surface area (Å²) >= 11 is 1.95. The van der Waals surface area contributed by atoms with Crippen LogP contribution in [0.25, 0.3) is 0 Å². The van der Waals surface area contributed by atoms with Crippen LogP contribution in [0.4, 0.5) is 0 Å². The first kappa shape index (κ1) is 14.2. The van der Waals surface area contributed by atoms with Crippen LogP contribution in [0.3, 0.4) is 0 Å². The van der Waals surface area contributed by atoms with Crippen molar-refractivity contribution in [1.29, 1.82) is 0 Å². The predicted molar refractivity (Wildman–Crippen MR) is 74.9 cm³/mol. The molecule has 2 aliphatic rings. The number of carbonyl (C=O) groups is 1. The summed E-state index contributed by atoms with van der Waals surface area (Å²) in [4.78, 5) is 14.2. The Morgan fingerprint density at radius 2 is 2.11 bits per heavy atom. The third-order valence-corrected chi connectivity index (χ3v) is 5.27. The monoisotopic (exact) mass is 272 g/mol. The molecule has 2 heterocycles. The number of ether oxygens (including phenoxy) is 1. The van der Waals surface area contributed by atoms with Gasteiger partial charge in [-0.2, -0.15) is 11.8 Å². The highest BCUT2D eigenvalue weighted by Crippen LogP contribution is 2.24. The van der Waals surface area contributed by atoms with E-state index in [0.717, 1.165) is 38.2 Å². The summed E-state index contributed by atoms with van der Waals surface area (Å²) in [6.07, 6.45) is 2.31. The summed E-state index contributed by atoms with van der Waals surface area (Å²) in [5.74, 6) is 1.21. The highest BCUT2D eigenvalue weighted by molar-refractivity contribution is 8.00. The van der Waals surface area contributed by atoms with E-state index in [9.17, 15) is 4.79 Å². The van der Waals surface area contributed by atoms with E-state index in [-0.39, 0.29) is 18.6 Å². The molecule has 0 saturated carbocycles. The molecule has 0 aromatic heterocycles. The molecule has 2 fully saturated rings. The molecule has 2 saturated heterocycles. The van der Waals surface area contributed by atoms with Crippen molar-refractivity contribution in [1.82, 2.24) is 10.2 Å². The fraction of sp³-hybridized carbons (Fsp3) is 0.923. The first-order chi connectivity index (χ1) is 8.68. The van der Waals surface area contributed by atoms with E-state index in [1.807, 2.05) is 16.7 Å². The maximum atomic E-state index is 12.2. The molecule has 0 radical (unpaired) electrons. The summed E-state index contributed by atoms with van der Waals surface area (Å²) < 4.78 is 5.74. The van der Waals surface area contributed by atoms with Gasteiger partial charge in [0.05, 0.1) is 6.10 Å². The Balaban J connectivity index is 1.76. The first-order valence-corrected chi connectivity index (χ1v) is 7.96. The van der Waals surface area contributed by atoms with Gasteiger partial charge in [-0.05, 0) is 32.9 Å². The topological polar surface area (TPSA) is 41.6 Å². The van der Waals surface area contributed by atoms with Gasteiger partial charge in [-0.15, -0.1) is 0 Å². The number of piperidine rings is 1. The van der Waals surface area contributed by atoms with Crippen molar-refractivity contribution in [2.24, 2.45) is 0 Å². The van der Waals surface area contributed by atoms with Gasteiger partial charge in [0.1, 0.15) is 6.61 Å². The number of nitrogens with zero attached hydrogens (tertiary/aromatic N) is 1. The maximum absolute atomic E-state index is 12.2. The zero-order valence-corrected chi connectivity index (χ0v) is 12.2. The molecule has 2 aliphatic heterocycles. The molecule has 0 bridgehead atoms. The third-order valence-electron chi connectivity index (χ3n) is 3.93. The second kappa shape index (κ2) is 6.78. The van der Waals surface area contributed by atoms with Gasteiger partial charge in [0.25, 0.3) is 0 Å². The van der Waals surface area contributed by atoms with Crippen molar-refractivity contribution in [2.75, 3.05) is 32.0 Å². The van der Waals surface area contributed by atoms with Crippen LogP contribution in [0.1, 0.15) is 26.7 Å². The van der Waals surface area contributed by atoms with Crippen LogP contribution in [0.2, 0.25) is 0 Å². The van der Waals surface area contributed by atoms with Gasteiger partial charge in [0.15, 0.2) is 0 Å². The first-order valence-electron chi connectivity index (χ1n) is 6.92. The Kier molecular flexibility index (Phi) is 5.33. The number of thioether (sulfide) groups is 1. The minimum absolute atomic E-state index is 0.160. The van der Waals surface area contributed by atoms with Crippen molar-refractivity contribution in [3.05, 3.63) is 0 Å². The molecule has 18 heavy (non-hydrogen) atoms. The normalized spacial score (nSPS) is 30.4. The molecule has 5 heteroatoms. The lowest BCUT2D eigenvalue weighted by atomic mass is 10.1. The van der Waals surface area contributed by atoms with Gasteiger partial charge >= 0.3 is 0 Å². The van der Waals surface area contributed by atoms with Gasteiger partial charge in [0.2, 0.25) is 5.91 Å². The van der Waals surface area contributed by atoms with E-state index in [4.69, 9.17) is 4.74 Å². The predicted octanol–water partition coefficient (Wildman–Crippen LogP) is 1.11. The lowest BCUT2D eigenvalue weighted by Gasteiger charge is -2.37. The van der Waals surface area contributed by atoms with Crippen molar-refractivity contribution >= 4 is 17.7 Å². The fourth-order valence-electron chi connectivity index (χ4n) is 2.52. The summed E-state index contributed by atoms with van der Waals surface area (Å²) in [6, 6.07) is 0.327. The minimum Gasteiger partial charge on any atom is -0.368 e. The van der Waals surface area contributed by atoms with E-state index in [1.165, 1.54) is 0 Å². The molecular formula is C13H24N2O2S. The number of amides is 1. The summed E-state index contributed by atoms with van der Waals surface area (Å²) in [5, 5.41) is 3.83. The van der Waals surface area contributed by atoms with E-state index < -0.39 is 0 Å². The van der Waals surface area contributed by atoms with Crippen LogP contribution in [-0.2, 0) is 9.53 Å². The van der Waals surface area contributed by atoms with Gasteiger partial charge in [-0.1, -0.05) is 6.92 Å². The Morgan fingerprint density at radius 1 is 1.39 bits per heavy atom. The number of hydrogen-bond donors (Lipinski definition) is 1. The van der Waals surface area contributed by atoms with Gasteiger partial charge in [-0.25, -0.2) is 0 Å². The molecule has 0 spiro atoms. The van der Waals surface area contributed by atoms with Gasteiger partial charge < -0.3 is 15.0 Å². The molecule has 2 rings (SSSR count). The Hall–Kier alpha value is -0.260. The number of nitrogens with one attached hydrogen (secondary N) is 1. The molecule has 104 valence electrons. The van der Waals surface area contributed by atoms with Crippen LogP contribution in [-0.4, -0.2) is 60.2 Å². The third kappa shape index (κ3) is 3.62. The molecular weight excluding hydrogens is 248 g/mol. The van der Waals surface area contributed by atoms with E-state index in [1.54, 1.807) is 0 Å². The molecule has 1 amide bonds. The van der Waals surface area contributed by atoms with Crippen molar-refractivity contribution in [2.45, 2.75) is 44.1 Å². The van der Waals surface area contributed by atoms with E-state index in [0.29, 0.717) is 11.3 Å². The molecule has 4 nitrogen and oxygen atoms in total. The smallest absolute Gasteiger partial charge is 0.248 e. The molecule has 2 atom stereocenters. The van der Waals surface area contributed by atoms with Crippen LogP contribution in [0, 0.1) is 0 Å². The molecule has 2 unspecified atom stereocenters. The highest BCUT2D eigenvalue weighted by atomic mass is 32.2. The average molecular weight is 272 g/mol. The summed E-state index contributed by atoms with van der Waals surface area (Å²) in [7, 11) is 0. The van der Waals surface area contributed by atoms with Gasteiger partial charge in [-0.3, -0.25) is 4.79 Å². The van der Waals surface area contributed by atoms with Crippen LogP contribution >= 0.6 is 11.8 Å². The maximum Gasteiger partial charge on any atom is 0.248 e. The fourth-order valence-corrected chi connectivity index (χ4v) is 3.62. The van der Waals surface area contributed by atoms with Crippen molar-refractivity contribution in [3.8, 4) is 0 Å². The lowest BCUT2D eigenvalue weighted by molar-refractivity contribution is -0.140. The lowest BCUT2D eigenvalue weighted by Crippen LogP contribution is -2.49. The molecule has 0 aromatic carbocycles. The van der Waals surface area contributed by atoms with Crippen LogP contribution in [0.5, 0.6) is 0 Å².